The van der Waals surface area contributed by atoms with Crippen LogP contribution in [0.1, 0.15) is 5.56 Å². The molecule has 5 heteroatoms. The molecule has 0 atom stereocenters. The molecule has 1 aromatic carbocycles. The number of nitrogens with zero attached hydrogens (tertiary/aromatic N) is 4. The predicted octanol–water partition coefficient (Wildman–Crippen LogP) is 2.24. The summed E-state index contributed by atoms with van der Waals surface area (Å²) in [7, 11) is 0. The molecule has 0 amide bonds. The van der Waals surface area contributed by atoms with Crippen molar-refractivity contribution in [3.63, 3.8) is 0 Å². The van der Waals surface area contributed by atoms with Crippen LogP contribution in [0.4, 0.5) is 0 Å². The van der Waals surface area contributed by atoms with E-state index >= 15 is 0 Å². The maximum atomic E-state index is 5.98. The Labute approximate surface area is 90.5 Å². The first-order valence-electron chi connectivity index (χ1n) is 4.51. The Morgan fingerprint density at radius 2 is 2.20 bits per heavy atom. The van der Waals surface area contributed by atoms with Crippen LogP contribution in [-0.2, 0) is 0 Å². The van der Waals surface area contributed by atoms with E-state index in [1.54, 1.807) is 6.33 Å². The van der Waals surface area contributed by atoms with E-state index in [1.807, 2.05) is 29.5 Å². The van der Waals surface area contributed by atoms with Crippen molar-refractivity contribution in [2.45, 2.75) is 6.92 Å². The SMILES string of the molecule is Cc1ccc2nc(Cl)c3nncn3c2c1. The summed E-state index contributed by atoms with van der Waals surface area (Å²) in [6.45, 7) is 2.03. The molecule has 2 heterocycles. The molecule has 2 aromatic heterocycles. The van der Waals surface area contributed by atoms with Crippen molar-refractivity contribution in [2.75, 3.05) is 0 Å². The first-order valence-corrected chi connectivity index (χ1v) is 4.89. The molecular weight excluding hydrogens is 212 g/mol. The van der Waals surface area contributed by atoms with Gasteiger partial charge in [-0.25, -0.2) is 4.98 Å². The largest absolute Gasteiger partial charge is 0.277 e. The molecule has 0 saturated carbocycles. The number of hydrogen-bond acceptors (Lipinski definition) is 3. The van der Waals surface area contributed by atoms with E-state index in [0.29, 0.717) is 10.8 Å². The van der Waals surface area contributed by atoms with Crippen molar-refractivity contribution in [2.24, 2.45) is 0 Å². The Morgan fingerprint density at radius 1 is 1.33 bits per heavy atom. The number of fused-ring (bicyclic) bond motifs is 3. The van der Waals surface area contributed by atoms with Gasteiger partial charge in [0, 0.05) is 0 Å². The summed E-state index contributed by atoms with van der Waals surface area (Å²) >= 11 is 5.98. The molecule has 0 unspecified atom stereocenters. The number of aromatic nitrogens is 4. The van der Waals surface area contributed by atoms with Gasteiger partial charge < -0.3 is 0 Å². The molecular formula is C10H7ClN4. The molecule has 15 heavy (non-hydrogen) atoms. The summed E-state index contributed by atoms with van der Waals surface area (Å²) in [5.41, 5.74) is 3.58. The summed E-state index contributed by atoms with van der Waals surface area (Å²) in [5, 5.41) is 8.13. The van der Waals surface area contributed by atoms with Gasteiger partial charge in [-0.05, 0) is 24.6 Å². The van der Waals surface area contributed by atoms with E-state index in [9.17, 15) is 0 Å². The van der Waals surface area contributed by atoms with Crippen LogP contribution in [0.2, 0.25) is 5.15 Å². The minimum Gasteiger partial charge on any atom is -0.277 e. The topological polar surface area (TPSA) is 43.1 Å². The van der Waals surface area contributed by atoms with Crippen molar-refractivity contribution in [1.82, 2.24) is 19.6 Å². The number of hydrogen-bond donors (Lipinski definition) is 0. The lowest BCUT2D eigenvalue weighted by Gasteiger charge is -2.02. The first kappa shape index (κ1) is 8.61. The lowest BCUT2D eigenvalue weighted by molar-refractivity contribution is 1.11. The third kappa shape index (κ3) is 1.18. The van der Waals surface area contributed by atoms with Gasteiger partial charge in [0.2, 0.25) is 0 Å². The summed E-state index contributed by atoms with van der Waals surface area (Å²) in [6.07, 6.45) is 1.64. The number of aryl methyl sites for hydroxylation is 1. The van der Waals surface area contributed by atoms with Gasteiger partial charge in [0.25, 0.3) is 0 Å². The number of halogens is 1. The number of benzene rings is 1. The van der Waals surface area contributed by atoms with E-state index in [0.717, 1.165) is 11.0 Å². The fourth-order valence-electron chi connectivity index (χ4n) is 1.63. The summed E-state index contributed by atoms with van der Waals surface area (Å²) < 4.78 is 1.84. The molecule has 3 aromatic rings. The van der Waals surface area contributed by atoms with Crippen LogP contribution < -0.4 is 0 Å². The lowest BCUT2D eigenvalue weighted by Crippen LogP contribution is -1.92. The Kier molecular flexibility index (Phi) is 1.67. The molecule has 0 spiro atoms. The van der Waals surface area contributed by atoms with Crippen LogP contribution in [0.25, 0.3) is 16.7 Å². The Balaban J connectivity index is 2.61. The van der Waals surface area contributed by atoms with E-state index in [1.165, 1.54) is 5.56 Å². The maximum absolute atomic E-state index is 5.98. The van der Waals surface area contributed by atoms with Crippen molar-refractivity contribution in [3.05, 3.63) is 35.2 Å². The third-order valence-corrected chi connectivity index (χ3v) is 2.59. The highest BCUT2D eigenvalue weighted by molar-refractivity contribution is 6.32. The smallest absolute Gasteiger partial charge is 0.198 e. The molecule has 3 rings (SSSR count). The van der Waals surface area contributed by atoms with Crippen LogP contribution in [0.15, 0.2) is 24.5 Å². The molecule has 0 bridgehead atoms. The number of rotatable bonds is 0. The average molecular weight is 219 g/mol. The quantitative estimate of drug-likeness (QED) is 0.581. The molecule has 0 radical (unpaired) electrons. The van der Waals surface area contributed by atoms with Gasteiger partial charge in [0.1, 0.15) is 6.33 Å². The minimum atomic E-state index is 0.379. The van der Waals surface area contributed by atoms with E-state index < -0.39 is 0 Å². The first-order chi connectivity index (χ1) is 7.25. The molecule has 0 fully saturated rings. The normalized spacial score (nSPS) is 11.3. The highest BCUT2D eigenvalue weighted by Crippen LogP contribution is 2.20. The second kappa shape index (κ2) is 2.90. The van der Waals surface area contributed by atoms with Gasteiger partial charge >= 0.3 is 0 Å². The zero-order valence-corrected chi connectivity index (χ0v) is 8.73. The van der Waals surface area contributed by atoms with Gasteiger partial charge in [0.05, 0.1) is 11.0 Å². The van der Waals surface area contributed by atoms with Gasteiger partial charge in [0.15, 0.2) is 10.8 Å². The van der Waals surface area contributed by atoms with Crippen molar-refractivity contribution >= 4 is 28.3 Å². The molecule has 0 aliphatic heterocycles. The average Bonchev–Trinajstić information content (AvgIpc) is 2.69. The van der Waals surface area contributed by atoms with E-state index in [4.69, 9.17) is 11.6 Å². The monoisotopic (exact) mass is 218 g/mol. The minimum absolute atomic E-state index is 0.379. The third-order valence-electron chi connectivity index (χ3n) is 2.34. The van der Waals surface area contributed by atoms with Crippen LogP contribution in [0.3, 0.4) is 0 Å². The highest BCUT2D eigenvalue weighted by Gasteiger charge is 2.07. The van der Waals surface area contributed by atoms with E-state index in [-0.39, 0.29) is 0 Å². The molecule has 0 aliphatic rings. The van der Waals surface area contributed by atoms with Crippen molar-refractivity contribution < 1.29 is 0 Å². The van der Waals surface area contributed by atoms with Gasteiger partial charge in [-0.2, -0.15) is 0 Å². The predicted molar refractivity (Wildman–Crippen MR) is 58.0 cm³/mol. The summed E-state index contributed by atoms with van der Waals surface area (Å²) in [4.78, 5) is 4.26. The molecule has 0 aliphatic carbocycles. The second-order valence-corrected chi connectivity index (χ2v) is 3.78. The zero-order valence-electron chi connectivity index (χ0n) is 7.98. The molecule has 4 nitrogen and oxygen atoms in total. The molecule has 74 valence electrons. The maximum Gasteiger partial charge on any atom is 0.198 e. The fraction of sp³-hybridized carbons (Fsp3) is 0.100. The Bertz CT molecular complexity index is 659. The van der Waals surface area contributed by atoms with Crippen molar-refractivity contribution in [3.8, 4) is 0 Å². The van der Waals surface area contributed by atoms with Crippen molar-refractivity contribution in [1.29, 1.82) is 0 Å². The fourth-order valence-corrected chi connectivity index (χ4v) is 1.85. The highest BCUT2D eigenvalue weighted by atomic mass is 35.5. The lowest BCUT2D eigenvalue weighted by atomic mass is 10.2. The van der Waals surface area contributed by atoms with Gasteiger partial charge in [-0.15, -0.1) is 10.2 Å². The van der Waals surface area contributed by atoms with E-state index in [2.05, 4.69) is 15.2 Å². The molecule has 0 N–H and O–H groups in total. The summed E-state index contributed by atoms with van der Waals surface area (Å²) in [6, 6.07) is 5.98. The van der Waals surface area contributed by atoms with Gasteiger partial charge in [-0.3, -0.25) is 4.40 Å². The van der Waals surface area contributed by atoms with Crippen LogP contribution >= 0.6 is 11.6 Å². The standard InChI is InChI=1S/C10H7ClN4/c1-6-2-3-7-8(4-6)15-5-12-14-10(15)9(11)13-7/h2-5H,1H3. The molecule has 0 saturated heterocycles. The van der Waals surface area contributed by atoms with Crippen LogP contribution in [0, 0.1) is 6.92 Å². The Hall–Kier alpha value is -1.68. The summed E-state index contributed by atoms with van der Waals surface area (Å²) in [5.74, 6) is 0. The zero-order chi connectivity index (χ0) is 10.4. The Morgan fingerprint density at radius 3 is 3.07 bits per heavy atom. The second-order valence-electron chi connectivity index (χ2n) is 3.42. The van der Waals surface area contributed by atoms with Gasteiger partial charge in [-0.1, -0.05) is 17.7 Å². The van der Waals surface area contributed by atoms with Crippen LogP contribution in [0.5, 0.6) is 0 Å². The van der Waals surface area contributed by atoms with Crippen LogP contribution in [-0.4, -0.2) is 19.6 Å².